The molecule has 10 heteroatoms. The number of hydrogen-bond donors (Lipinski definition) is 0. The fourth-order valence-electron chi connectivity index (χ4n) is 5.79. The normalized spacial score (nSPS) is 24.4. The van der Waals surface area contributed by atoms with Gasteiger partial charge in [-0.1, -0.05) is 12.1 Å². The van der Waals surface area contributed by atoms with Crippen molar-refractivity contribution in [1.29, 1.82) is 0 Å². The lowest BCUT2D eigenvalue weighted by atomic mass is 10.0. The molecule has 0 N–H and O–H groups in total. The highest BCUT2D eigenvalue weighted by Gasteiger charge is 2.44. The second kappa shape index (κ2) is 9.29. The molecule has 2 aromatic rings. The van der Waals surface area contributed by atoms with Crippen LogP contribution in [-0.4, -0.2) is 75.7 Å². The van der Waals surface area contributed by atoms with E-state index in [4.69, 9.17) is 0 Å². The van der Waals surface area contributed by atoms with Gasteiger partial charge in [0.25, 0.3) is 5.91 Å². The van der Waals surface area contributed by atoms with Crippen LogP contribution in [0.2, 0.25) is 0 Å². The molecule has 0 spiro atoms. The average molecular weight is 490 g/mol. The highest BCUT2D eigenvalue weighted by Crippen LogP contribution is 2.40. The fourth-order valence-corrected chi connectivity index (χ4v) is 5.79. The first-order chi connectivity index (χ1) is 16.7. The molecule has 0 radical (unpaired) electrons. The SMILES string of the molecule is CN(Cc1ccc(C(F)(F)F)cc1)[C@@H]1C[C@@H]2CN(C(=O)n3cc(C(=O)N4CCCC4)cn3)C[C@@H]2C1. The second-order valence-corrected chi connectivity index (χ2v) is 10.1. The molecule has 2 aliphatic heterocycles. The molecule has 0 bridgehead atoms. The first-order valence-electron chi connectivity index (χ1n) is 12.2. The number of nitrogens with zero attached hydrogens (tertiary/aromatic N) is 5. The van der Waals surface area contributed by atoms with E-state index in [0.29, 0.717) is 43.1 Å². The molecule has 1 aromatic heterocycles. The molecule has 35 heavy (non-hydrogen) atoms. The van der Waals surface area contributed by atoms with Crippen LogP contribution in [0.15, 0.2) is 36.7 Å². The number of carbonyl (C=O) groups is 2. The van der Waals surface area contributed by atoms with E-state index in [1.807, 2.05) is 11.9 Å². The molecule has 5 rings (SSSR count). The molecule has 3 fully saturated rings. The van der Waals surface area contributed by atoms with Gasteiger partial charge in [0.15, 0.2) is 0 Å². The zero-order valence-corrected chi connectivity index (χ0v) is 19.7. The maximum atomic E-state index is 13.0. The van der Waals surface area contributed by atoms with Gasteiger partial charge in [0, 0.05) is 45.0 Å². The zero-order chi connectivity index (χ0) is 24.7. The Labute approximate surface area is 202 Å². The van der Waals surface area contributed by atoms with Gasteiger partial charge in [0.1, 0.15) is 0 Å². The van der Waals surface area contributed by atoms with Crippen molar-refractivity contribution in [3.63, 3.8) is 0 Å². The Morgan fingerprint density at radius 2 is 1.66 bits per heavy atom. The monoisotopic (exact) mass is 489 g/mol. The number of fused-ring (bicyclic) bond motifs is 1. The third-order valence-electron chi connectivity index (χ3n) is 7.75. The predicted octanol–water partition coefficient (Wildman–Crippen LogP) is 3.95. The van der Waals surface area contributed by atoms with Gasteiger partial charge >= 0.3 is 12.2 Å². The summed E-state index contributed by atoms with van der Waals surface area (Å²) in [4.78, 5) is 31.4. The number of hydrogen-bond acceptors (Lipinski definition) is 4. The molecule has 3 heterocycles. The molecule has 7 nitrogen and oxygen atoms in total. The first-order valence-corrected chi connectivity index (χ1v) is 12.2. The number of carbonyl (C=O) groups excluding carboxylic acids is 2. The Bertz CT molecular complexity index is 1060. The minimum Gasteiger partial charge on any atom is -0.339 e. The molecule has 3 aliphatic rings. The van der Waals surface area contributed by atoms with Gasteiger partial charge < -0.3 is 9.80 Å². The van der Waals surface area contributed by atoms with Crippen LogP contribution >= 0.6 is 0 Å². The van der Waals surface area contributed by atoms with E-state index in [9.17, 15) is 22.8 Å². The number of amides is 2. The number of alkyl halides is 3. The zero-order valence-electron chi connectivity index (χ0n) is 19.7. The fraction of sp³-hybridized carbons (Fsp3) is 0.560. The van der Waals surface area contributed by atoms with Crippen LogP contribution in [0.4, 0.5) is 18.0 Å². The summed E-state index contributed by atoms with van der Waals surface area (Å²) in [5.41, 5.74) is 0.672. The van der Waals surface area contributed by atoms with Crippen molar-refractivity contribution in [1.82, 2.24) is 24.5 Å². The standard InChI is InChI=1S/C25H30F3N5O2/c1-30(13-17-4-6-21(7-5-17)25(26,27)28)22-10-18-14-32(15-19(18)11-22)24(35)33-16-20(12-29-33)23(34)31-8-2-3-9-31/h4-7,12,16,18-19,22H,2-3,8-11,13-15H2,1H3/t18-,19+,22-. The van der Waals surface area contributed by atoms with Gasteiger partial charge in [0.05, 0.1) is 17.3 Å². The first kappa shape index (κ1) is 23.8. The second-order valence-electron chi connectivity index (χ2n) is 10.1. The molecular formula is C25H30F3N5O2. The van der Waals surface area contributed by atoms with Gasteiger partial charge in [0.2, 0.25) is 0 Å². The third-order valence-corrected chi connectivity index (χ3v) is 7.75. The summed E-state index contributed by atoms with van der Waals surface area (Å²) in [7, 11) is 2.01. The minimum absolute atomic E-state index is 0.0706. The van der Waals surface area contributed by atoms with Gasteiger partial charge in [-0.3, -0.25) is 9.69 Å². The Kier molecular flexibility index (Phi) is 6.33. The van der Waals surface area contributed by atoms with Crippen molar-refractivity contribution in [2.75, 3.05) is 33.2 Å². The van der Waals surface area contributed by atoms with E-state index in [1.54, 1.807) is 17.0 Å². The van der Waals surface area contributed by atoms with Crippen molar-refractivity contribution in [3.8, 4) is 0 Å². The smallest absolute Gasteiger partial charge is 0.339 e. The molecular weight excluding hydrogens is 459 g/mol. The van der Waals surface area contributed by atoms with E-state index in [-0.39, 0.29) is 11.9 Å². The number of aromatic nitrogens is 2. The summed E-state index contributed by atoms with van der Waals surface area (Å²) < 4.78 is 39.7. The molecule has 2 amide bonds. The molecule has 1 saturated carbocycles. The van der Waals surface area contributed by atoms with Crippen LogP contribution in [0.25, 0.3) is 0 Å². The lowest BCUT2D eigenvalue weighted by molar-refractivity contribution is -0.137. The van der Waals surface area contributed by atoms with Crippen molar-refractivity contribution in [2.45, 2.75) is 44.4 Å². The summed E-state index contributed by atoms with van der Waals surface area (Å²) in [5, 5.41) is 4.16. The van der Waals surface area contributed by atoms with E-state index < -0.39 is 11.7 Å². The number of halogens is 3. The molecule has 3 atom stereocenters. The minimum atomic E-state index is -4.32. The highest BCUT2D eigenvalue weighted by molar-refractivity contribution is 5.94. The van der Waals surface area contributed by atoms with E-state index >= 15 is 0 Å². The van der Waals surface area contributed by atoms with Crippen LogP contribution in [0.1, 0.15) is 47.2 Å². The molecule has 1 aliphatic carbocycles. The van der Waals surface area contributed by atoms with Gasteiger partial charge in [-0.2, -0.15) is 23.0 Å². The van der Waals surface area contributed by atoms with Gasteiger partial charge in [-0.15, -0.1) is 0 Å². The maximum Gasteiger partial charge on any atom is 0.416 e. The average Bonchev–Trinajstić information content (AvgIpc) is 3.61. The molecule has 0 unspecified atom stereocenters. The molecule has 2 saturated heterocycles. The summed E-state index contributed by atoms with van der Waals surface area (Å²) in [6.07, 6.45) is 2.61. The Morgan fingerprint density at radius 1 is 1.03 bits per heavy atom. The highest BCUT2D eigenvalue weighted by atomic mass is 19.4. The summed E-state index contributed by atoms with van der Waals surface area (Å²) in [6.45, 7) is 3.41. The topological polar surface area (TPSA) is 61.7 Å². The van der Waals surface area contributed by atoms with Crippen LogP contribution in [0, 0.1) is 11.8 Å². The lowest BCUT2D eigenvalue weighted by Crippen LogP contribution is -2.36. The van der Waals surface area contributed by atoms with E-state index in [1.165, 1.54) is 17.1 Å². The van der Waals surface area contributed by atoms with Crippen molar-refractivity contribution >= 4 is 11.9 Å². The van der Waals surface area contributed by atoms with Crippen molar-refractivity contribution in [3.05, 3.63) is 53.3 Å². The Balaban J connectivity index is 1.14. The summed E-state index contributed by atoms with van der Waals surface area (Å²) in [6, 6.07) is 5.49. The van der Waals surface area contributed by atoms with Crippen LogP contribution < -0.4 is 0 Å². The largest absolute Gasteiger partial charge is 0.416 e. The van der Waals surface area contributed by atoms with E-state index in [2.05, 4.69) is 10.00 Å². The predicted molar refractivity (Wildman–Crippen MR) is 123 cm³/mol. The summed E-state index contributed by atoms with van der Waals surface area (Å²) in [5.74, 6) is 0.708. The van der Waals surface area contributed by atoms with Crippen molar-refractivity contribution in [2.24, 2.45) is 11.8 Å². The van der Waals surface area contributed by atoms with Crippen LogP contribution in [0.5, 0.6) is 0 Å². The number of rotatable bonds is 4. The van der Waals surface area contributed by atoms with Crippen molar-refractivity contribution < 1.29 is 22.8 Å². The third kappa shape index (κ3) is 4.94. The number of likely N-dealkylation sites (tertiary alicyclic amines) is 2. The summed E-state index contributed by atoms with van der Waals surface area (Å²) >= 11 is 0. The molecule has 188 valence electrons. The maximum absolute atomic E-state index is 13.0. The quantitative estimate of drug-likeness (QED) is 0.653. The van der Waals surface area contributed by atoms with E-state index in [0.717, 1.165) is 56.5 Å². The number of benzene rings is 1. The lowest BCUT2D eigenvalue weighted by Gasteiger charge is -2.26. The Morgan fingerprint density at radius 3 is 2.26 bits per heavy atom. The van der Waals surface area contributed by atoms with Gasteiger partial charge in [-0.25, -0.2) is 4.79 Å². The van der Waals surface area contributed by atoms with Crippen LogP contribution in [0.3, 0.4) is 0 Å². The Hall–Kier alpha value is -2.88. The molecule has 1 aromatic carbocycles. The van der Waals surface area contributed by atoms with Gasteiger partial charge in [-0.05, 0) is 62.3 Å². The van der Waals surface area contributed by atoms with Crippen LogP contribution in [-0.2, 0) is 12.7 Å².